The first-order chi connectivity index (χ1) is 14.5. The van der Waals surface area contributed by atoms with Crippen LogP contribution in [-0.2, 0) is 7.05 Å². The van der Waals surface area contributed by atoms with Crippen molar-refractivity contribution in [1.82, 2.24) is 14.0 Å². The quantitative estimate of drug-likeness (QED) is 0.374. The van der Waals surface area contributed by atoms with E-state index in [4.69, 9.17) is 4.98 Å². The average Bonchev–Trinajstić information content (AvgIpc) is 3.32. The van der Waals surface area contributed by atoms with Gasteiger partial charge in [0.05, 0.1) is 33.4 Å². The largest absolute Gasteiger partial charge is 0.352 e. The summed E-state index contributed by atoms with van der Waals surface area (Å²) in [4.78, 5) is 9.83. The molecule has 5 heteroatoms. The van der Waals surface area contributed by atoms with Gasteiger partial charge in [-0.2, -0.15) is 0 Å². The molecule has 0 fully saturated rings. The van der Waals surface area contributed by atoms with E-state index in [9.17, 15) is 0 Å². The molecule has 5 aromatic rings. The molecule has 1 atom stereocenters. The molecule has 0 amide bonds. The predicted molar refractivity (Wildman–Crippen MR) is 125 cm³/mol. The van der Waals surface area contributed by atoms with Crippen LogP contribution in [0.4, 0.5) is 17.1 Å². The second kappa shape index (κ2) is 5.79. The van der Waals surface area contributed by atoms with Crippen LogP contribution in [0.15, 0.2) is 54.6 Å². The molecule has 30 heavy (non-hydrogen) atoms. The first-order valence-corrected chi connectivity index (χ1v) is 10.4. The molecular formula is C25H25N5. The molecule has 0 radical (unpaired) electrons. The average molecular weight is 396 g/mol. The van der Waals surface area contributed by atoms with Crippen molar-refractivity contribution in [3.63, 3.8) is 0 Å². The minimum Gasteiger partial charge on any atom is -0.352 e. The summed E-state index contributed by atoms with van der Waals surface area (Å²) in [5.41, 5.74) is 10.9. The maximum atomic E-state index is 5.03. The number of hydrogen-bond acceptors (Lipinski definition) is 3. The summed E-state index contributed by atoms with van der Waals surface area (Å²) >= 11 is 0. The maximum Gasteiger partial charge on any atom is 0.215 e. The van der Waals surface area contributed by atoms with Gasteiger partial charge in [0.2, 0.25) is 5.78 Å². The molecule has 150 valence electrons. The number of aromatic nitrogens is 3. The summed E-state index contributed by atoms with van der Waals surface area (Å²) in [7, 11) is 4.27. The Balaban J connectivity index is 1.66. The second-order valence-electron chi connectivity index (χ2n) is 8.53. The van der Waals surface area contributed by atoms with Crippen molar-refractivity contribution in [3.8, 4) is 0 Å². The predicted octanol–water partition coefficient (Wildman–Crippen LogP) is 5.53. The van der Waals surface area contributed by atoms with E-state index in [1.807, 2.05) is 0 Å². The van der Waals surface area contributed by atoms with Gasteiger partial charge in [0.15, 0.2) is 0 Å². The summed E-state index contributed by atoms with van der Waals surface area (Å²) in [5.74, 6) is 0.976. The van der Waals surface area contributed by atoms with E-state index >= 15 is 0 Å². The first kappa shape index (κ1) is 17.4. The van der Waals surface area contributed by atoms with Gasteiger partial charge in [0.1, 0.15) is 6.17 Å². The van der Waals surface area contributed by atoms with Crippen molar-refractivity contribution >= 4 is 44.9 Å². The molecule has 0 N–H and O–H groups in total. The summed E-state index contributed by atoms with van der Waals surface area (Å²) < 4.78 is 4.46. The normalized spacial score (nSPS) is 16.4. The van der Waals surface area contributed by atoms with E-state index in [1.54, 1.807) is 0 Å². The molecule has 0 unspecified atom stereocenters. The van der Waals surface area contributed by atoms with Crippen LogP contribution in [0.25, 0.3) is 27.8 Å². The monoisotopic (exact) mass is 395 g/mol. The Morgan fingerprint density at radius 1 is 0.800 bits per heavy atom. The molecule has 2 aromatic heterocycles. The van der Waals surface area contributed by atoms with Gasteiger partial charge in [-0.15, -0.1) is 0 Å². The Hall–Kier alpha value is -3.47. The Morgan fingerprint density at radius 3 is 2.37 bits per heavy atom. The zero-order valence-electron chi connectivity index (χ0n) is 18.0. The fraction of sp³-hybridized carbons (Fsp3) is 0.240. The van der Waals surface area contributed by atoms with Crippen LogP contribution >= 0.6 is 0 Å². The van der Waals surface area contributed by atoms with E-state index in [2.05, 4.69) is 108 Å². The zero-order valence-corrected chi connectivity index (χ0v) is 18.0. The Kier molecular flexibility index (Phi) is 3.35. The van der Waals surface area contributed by atoms with Gasteiger partial charge in [0.25, 0.3) is 0 Å². The second-order valence-corrected chi connectivity index (χ2v) is 8.53. The van der Waals surface area contributed by atoms with Gasteiger partial charge < -0.3 is 14.4 Å². The van der Waals surface area contributed by atoms with E-state index in [0.29, 0.717) is 0 Å². The third-order valence-corrected chi connectivity index (χ3v) is 6.71. The van der Waals surface area contributed by atoms with Crippen LogP contribution < -0.4 is 9.80 Å². The van der Waals surface area contributed by atoms with Crippen molar-refractivity contribution in [2.45, 2.75) is 26.9 Å². The van der Waals surface area contributed by atoms with Crippen molar-refractivity contribution in [3.05, 3.63) is 65.7 Å². The summed E-state index contributed by atoms with van der Waals surface area (Å²) in [6, 6.07) is 19.7. The van der Waals surface area contributed by atoms with Crippen LogP contribution in [0.1, 0.15) is 18.1 Å². The SMILES string of the molecule is Cc1ccc(C)c(N2c3cc4nc5n(C)c6ccccc6n5c4cc3N(C)[C@@H]2C)c1. The molecule has 1 aliphatic rings. The lowest BCUT2D eigenvalue weighted by Crippen LogP contribution is -2.35. The van der Waals surface area contributed by atoms with Gasteiger partial charge in [-0.1, -0.05) is 24.3 Å². The third-order valence-electron chi connectivity index (χ3n) is 6.71. The number of aryl methyl sites for hydroxylation is 3. The van der Waals surface area contributed by atoms with Crippen molar-refractivity contribution in [1.29, 1.82) is 0 Å². The van der Waals surface area contributed by atoms with Crippen LogP contribution in [0.5, 0.6) is 0 Å². The van der Waals surface area contributed by atoms with Gasteiger partial charge in [-0.3, -0.25) is 4.40 Å². The molecular weight excluding hydrogens is 370 g/mol. The van der Waals surface area contributed by atoms with E-state index in [1.165, 1.54) is 39.2 Å². The first-order valence-electron chi connectivity index (χ1n) is 10.4. The van der Waals surface area contributed by atoms with E-state index < -0.39 is 0 Å². The fourth-order valence-corrected chi connectivity index (χ4v) is 4.96. The van der Waals surface area contributed by atoms with Crippen molar-refractivity contribution < 1.29 is 0 Å². The van der Waals surface area contributed by atoms with Crippen LogP contribution in [0.2, 0.25) is 0 Å². The smallest absolute Gasteiger partial charge is 0.215 e. The Morgan fingerprint density at radius 2 is 1.57 bits per heavy atom. The van der Waals surface area contributed by atoms with Crippen LogP contribution in [0, 0.1) is 13.8 Å². The maximum absolute atomic E-state index is 5.03. The lowest BCUT2D eigenvalue weighted by molar-refractivity contribution is 0.732. The van der Waals surface area contributed by atoms with Gasteiger partial charge >= 0.3 is 0 Å². The molecule has 0 spiro atoms. The number of para-hydroxylation sites is 2. The number of nitrogens with zero attached hydrogens (tertiary/aromatic N) is 5. The molecule has 0 aliphatic carbocycles. The highest BCUT2D eigenvalue weighted by Crippen LogP contribution is 2.46. The van der Waals surface area contributed by atoms with Gasteiger partial charge in [0, 0.05) is 19.8 Å². The fourth-order valence-electron chi connectivity index (χ4n) is 4.96. The van der Waals surface area contributed by atoms with Crippen molar-refractivity contribution in [2.75, 3.05) is 16.8 Å². The number of hydrogen-bond donors (Lipinski definition) is 0. The molecule has 3 aromatic carbocycles. The minimum atomic E-state index is 0.236. The minimum absolute atomic E-state index is 0.236. The molecule has 0 saturated heterocycles. The zero-order chi connectivity index (χ0) is 20.7. The topological polar surface area (TPSA) is 28.7 Å². The summed E-state index contributed by atoms with van der Waals surface area (Å²) in [5, 5.41) is 0. The molecule has 0 bridgehead atoms. The highest BCUT2D eigenvalue weighted by atomic mass is 15.4. The van der Waals surface area contributed by atoms with Gasteiger partial charge in [-0.05, 0) is 62.2 Å². The van der Waals surface area contributed by atoms with Crippen LogP contribution in [-0.4, -0.2) is 27.2 Å². The molecule has 6 rings (SSSR count). The number of fused-ring (bicyclic) bond motifs is 6. The number of imidazole rings is 2. The summed E-state index contributed by atoms with van der Waals surface area (Å²) in [6.07, 6.45) is 0.236. The lowest BCUT2D eigenvalue weighted by atomic mass is 10.1. The van der Waals surface area contributed by atoms with Crippen LogP contribution in [0.3, 0.4) is 0 Å². The van der Waals surface area contributed by atoms with Gasteiger partial charge in [-0.25, -0.2) is 4.98 Å². The Labute approximate surface area is 175 Å². The van der Waals surface area contributed by atoms with E-state index in [-0.39, 0.29) is 6.17 Å². The Bertz CT molecular complexity index is 1470. The standard InChI is InChI=1S/C25H25N5/c1-15-10-11-16(2)21(12-15)29-17(3)27(4)23-14-22-18(13-24(23)29)26-25-28(5)19-8-6-7-9-20(19)30(22)25/h6-14,17H,1-5H3/t17-/m0/s1. The highest BCUT2D eigenvalue weighted by Gasteiger charge is 2.33. The number of benzene rings is 3. The highest BCUT2D eigenvalue weighted by molar-refractivity contribution is 5.98. The van der Waals surface area contributed by atoms with Crippen molar-refractivity contribution in [2.24, 2.45) is 7.05 Å². The van der Waals surface area contributed by atoms with E-state index in [0.717, 1.165) is 16.8 Å². The molecule has 1 aliphatic heterocycles. The summed E-state index contributed by atoms with van der Waals surface area (Å²) in [6.45, 7) is 6.61. The number of anilines is 3. The number of rotatable bonds is 1. The third kappa shape index (κ3) is 2.09. The lowest BCUT2D eigenvalue weighted by Gasteiger charge is -2.29. The molecule has 0 saturated carbocycles. The molecule has 5 nitrogen and oxygen atoms in total. The molecule has 3 heterocycles.